The molecule has 0 aliphatic carbocycles. The lowest BCUT2D eigenvalue weighted by molar-refractivity contribution is 0.563. The maximum Gasteiger partial charge on any atom is 0.0278 e. The van der Waals surface area contributed by atoms with Crippen molar-refractivity contribution in [3.05, 3.63) is 24.5 Å². The molecule has 0 radical (unpaired) electrons. The van der Waals surface area contributed by atoms with Crippen molar-refractivity contribution in [2.75, 3.05) is 6.54 Å². The van der Waals surface area contributed by atoms with Crippen LogP contribution in [0.4, 0.5) is 0 Å². The molecule has 0 amide bonds. The van der Waals surface area contributed by atoms with Crippen molar-refractivity contribution < 1.29 is 0 Å². The zero-order chi connectivity index (χ0) is 10.4. The molecule has 0 aromatic carbocycles. The van der Waals surface area contributed by atoms with E-state index in [1.807, 2.05) is 24.2 Å². The minimum atomic E-state index is 0.540. The third-order valence-electron chi connectivity index (χ3n) is 2.20. The fourth-order valence-corrected chi connectivity index (χ4v) is 2.23. The number of hydrogen-bond donors (Lipinski definition) is 1. The minimum absolute atomic E-state index is 0.540. The molecular formula is C11H18N2S. The van der Waals surface area contributed by atoms with Gasteiger partial charge in [0.2, 0.25) is 0 Å². The third-order valence-corrected chi connectivity index (χ3v) is 3.53. The zero-order valence-electron chi connectivity index (χ0n) is 9.03. The van der Waals surface area contributed by atoms with Gasteiger partial charge >= 0.3 is 0 Å². The first kappa shape index (κ1) is 11.5. The Labute approximate surface area is 90.5 Å². The average Bonchev–Trinajstić information content (AvgIpc) is 2.19. The van der Waals surface area contributed by atoms with Gasteiger partial charge in [-0.15, -0.1) is 11.8 Å². The number of hydrogen-bond acceptors (Lipinski definition) is 3. The quantitative estimate of drug-likeness (QED) is 0.756. The van der Waals surface area contributed by atoms with Crippen LogP contribution in [-0.2, 0) is 0 Å². The minimum Gasteiger partial charge on any atom is -0.313 e. The molecule has 0 bridgehead atoms. The summed E-state index contributed by atoms with van der Waals surface area (Å²) in [5.74, 6) is 0. The molecule has 1 aromatic rings. The first-order valence-corrected chi connectivity index (χ1v) is 5.92. The highest BCUT2D eigenvalue weighted by Gasteiger charge is 2.11. The Hall–Kier alpha value is -0.540. The predicted molar refractivity (Wildman–Crippen MR) is 62.7 cm³/mol. The first-order chi connectivity index (χ1) is 6.74. The van der Waals surface area contributed by atoms with Crippen LogP contribution in [0.2, 0.25) is 0 Å². The van der Waals surface area contributed by atoms with E-state index >= 15 is 0 Å². The topological polar surface area (TPSA) is 24.9 Å². The van der Waals surface area contributed by atoms with Gasteiger partial charge in [0.05, 0.1) is 0 Å². The monoisotopic (exact) mass is 210 g/mol. The van der Waals surface area contributed by atoms with E-state index in [0.717, 1.165) is 6.54 Å². The number of nitrogens with zero attached hydrogens (tertiary/aromatic N) is 1. The molecule has 2 nitrogen and oxygen atoms in total. The maximum atomic E-state index is 4.00. The number of aromatic nitrogens is 1. The molecule has 0 aliphatic heterocycles. The van der Waals surface area contributed by atoms with E-state index in [9.17, 15) is 0 Å². The SMILES string of the molecule is CCNC(C)C(C)Sc1ccncc1. The normalized spacial score (nSPS) is 15.1. The molecular weight excluding hydrogens is 192 g/mol. The Bertz CT molecular complexity index is 251. The molecule has 1 N–H and O–H groups in total. The summed E-state index contributed by atoms with van der Waals surface area (Å²) in [5, 5.41) is 4.01. The summed E-state index contributed by atoms with van der Waals surface area (Å²) < 4.78 is 0. The molecule has 1 rings (SSSR count). The van der Waals surface area contributed by atoms with E-state index < -0.39 is 0 Å². The Morgan fingerprint density at radius 2 is 2.00 bits per heavy atom. The highest BCUT2D eigenvalue weighted by Crippen LogP contribution is 2.24. The van der Waals surface area contributed by atoms with Crippen LogP contribution >= 0.6 is 11.8 Å². The molecule has 3 heteroatoms. The van der Waals surface area contributed by atoms with Gasteiger partial charge in [0, 0.05) is 28.6 Å². The highest BCUT2D eigenvalue weighted by atomic mass is 32.2. The van der Waals surface area contributed by atoms with E-state index in [1.54, 1.807) is 0 Å². The maximum absolute atomic E-state index is 4.00. The largest absolute Gasteiger partial charge is 0.313 e. The molecule has 0 fully saturated rings. The Morgan fingerprint density at radius 1 is 1.36 bits per heavy atom. The summed E-state index contributed by atoms with van der Waals surface area (Å²) in [6, 6.07) is 4.65. The van der Waals surface area contributed by atoms with Crippen molar-refractivity contribution in [3.8, 4) is 0 Å². The van der Waals surface area contributed by atoms with Crippen molar-refractivity contribution in [2.24, 2.45) is 0 Å². The van der Waals surface area contributed by atoms with Gasteiger partial charge in [-0.05, 0) is 25.6 Å². The fraction of sp³-hybridized carbons (Fsp3) is 0.545. The molecule has 2 atom stereocenters. The summed E-state index contributed by atoms with van der Waals surface area (Å²) in [6.45, 7) is 7.64. The Balaban J connectivity index is 2.44. The van der Waals surface area contributed by atoms with Crippen molar-refractivity contribution in [2.45, 2.75) is 37.0 Å². The van der Waals surface area contributed by atoms with Crippen LogP contribution < -0.4 is 5.32 Å². The second kappa shape index (κ2) is 6.04. The Kier molecular flexibility index (Phi) is 4.98. The summed E-state index contributed by atoms with van der Waals surface area (Å²) in [7, 11) is 0. The molecule has 2 unspecified atom stereocenters. The van der Waals surface area contributed by atoms with E-state index in [4.69, 9.17) is 0 Å². The smallest absolute Gasteiger partial charge is 0.0278 e. The van der Waals surface area contributed by atoms with Gasteiger partial charge in [0.1, 0.15) is 0 Å². The van der Waals surface area contributed by atoms with E-state index in [1.165, 1.54) is 4.90 Å². The second-order valence-corrected chi connectivity index (χ2v) is 4.80. The summed E-state index contributed by atoms with van der Waals surface area (Å²) in [6.07, 6.45) is 3.68. The molecule has 0 aliphatic rings. The van der Waals surface area contributed by atoms with Gasteiger partial charge < -0.3 is 5.32 Å². The van der Waals surface area contributed by atoms with Crippen molar-refractivity contribution in [3.63, 3.8) is 0 Å². The molecule has 0 saturated carbocycles. The number of pyridine rings is 1. The standard InChI is InChI=1S/C11H18N2S/c1-4-13-9(2)10(3)14-11-5-7-12-8-6-11/h5-10,13H,4H2,1-3H3. The predicted octanol–water partition coefficient (Wildman–Crippen LogP) is 2.56. The van der Waals surface area contributed by atoms with Crippen molar-refractivity contribution in [1.82, 2.24) is 10.3 Å². The first-order valence-electron chi connectivity index (χ1n) is 5.04. The lowest BCUT2D eigenvalue weighted by Crippen LogP contribution is -2.33. The number of nitrogens with one attached hydrogen (secondary N) is 1. The van der Waals surface area contributed by atoms with Gasteiger partial charge in [0.25, 0.3) is 0 Å². The van der Waals surface area contributed by atoms with Crippen LogP contribution in [-0.4, -0.2) is 22.8 Å². The average molecular weight is 210 g/mol. The van der Waals surface area contributed by atoms with Gasteiger partial charge in [-0.1, -0.05) is 13.8 Å². The van der Waals surface area contributed by atoms with Crippen LogP contribution in [0, 0.1) is 0 Å². The van der Waals surface area contributed by atoms with Gasteiger partial charge in [-0.25, -0.2) is 0 Å². The number of thioether (sulfide) groups is 1. The van der Waals surface area contributed by atoms with Crippen molar-refractivity contribution in [1.29, 1.82) is 0 Å². The molecule has 1 aromatic heterocycles. The Morgan fingerprint density at radius 3 is 2.57 bits per heavy atom. The molecule has 14 heavy (non-hydrogen) atoms. The summed E-state index contributed by atoms with van der Waals surface area (Å²) in [5.41, 5.74) is 0. The molecule has 0 saturated heterocycles. The number of rotatable bonds is 5. The van der Waals surface area contributed by atoms with Crippen LogP contribution in [0.5, 0.6) is 0 Å². The third kappa shape index (κ3) is 3.68. The molecule has 0 spiro atoms. The van der Waals surface area contributed by atoms with E-state index in [2.05, 4.69) is 43.2 Å². The van der Waals surface area contributed by atoms with Gasteiger partial charge in [0.15, 0.2) is 0 Å². The van der Waals surface area contributed by atoms with Gasteiger partial charge in [-0.2, -0.15) is 0 Å². The van der Waals surface area contributed by atoms with Gasteiger partial charge in [-0.3, -0.25) is 4.98 Å². The lowest BCUT2D eigenvalue weighted by Gasteiger charge is -2.19. The molecule has 1 heterocycles. The van der Waals surface area contributed by atoms with Crippen LogP contribution in [0.15, 0.2) is 29.4 Å². The summed E-state index contributed by atoms with van der Waals surface area (Å²) >= 11 is 1.89. The second-order valence-electron chi connectivity index (χ2n) is 3.35. The van der Waals surface area contributed by atoms with Crippen molar-refractivity contribution >= 4 is 11.8 Å². The van der Waals surface area contributed by atoms with Crippen LogP contribution in [0.1, 0.15) is 20.8 Å². The zero-order valence-corrected chi connectivity index (χ0v) is 9.84. The van der Waals surface area contributed by atoms with Crippen LogP contribution in [0.25, 0.3) is 0 Å². The fourth-order valence-electron chi connectivity index (χ4n) is 1.22. The highest BCUT2D eigenvalue weighted by molar-refractivity contribution is 8.00. The summed E-state index contributed by atoms with van der Waals surface area (Å²) in [4.78, 5) is 5.29. The molecule has 78 valence electrons. The lowest BCUT2D eigenvalue weighted by atomic mass is 10.2. The van der Waals surface area contributed by atoms with Crippen LogP contribution in [0.3, 0.4) is 0 Å². The van der Waals surface area contributed by atoms with E-state index in [-0.39, 0.29) is 0 Å². The van der Waals surface area contributed by atoms with E-state index in [0.29, 0.717) is 11.3 Å².